The van der Waals surface area contributed by atoms with Crippen LogP contribution in [0.4, 0.5) is 0 Å². The van der Waals surface area contributed by atoms with Gasteiger partial charge in [-0.05, 0) is 130 Å². The fourth-order valence-electron chi connectivity index (χ4n) is 16.6. The molecule has 4 unspecified atom stereocenters. The maximum Gasteiger partial charge on any atom is 0.332 e. The van der Waals surface area contributed by atoms with Gasteiger partial charge in [-0.3, -0.25) is 9.59 Å². The molecule has 418 valence electrons. The van der Waals surface area contributed by atoms with Crippen molar-refractivity contribution in [3.63, 3.8) is 0 Å². The summed E-state index contributed by atoms with van der Waals surface area (Å²) in [6.45, 7) is 11.9. The molecule has 2 heterocycles. The quantitative estimate of drug-likeness (QED) is 0.0866. The monoisotopic (exact) mass is 1040 g/mol. The van der Waals surface area contributed by atoms with Gasteiger partial charge < -0.3 is 68.9 Å². The van der Waals surface area contributed by atoms with Crippen LogP contribution >= 0.6 is 0 Å². The molecule has 17 heteroatoms. The molecule has 73 heavy (non-hydrogen) atoms. The number of carboxylic acids is 1. The van der Waals surface area contributed by atoms with E-state index in [1.807, 2.05) is 6.92 Å². The molecule has 8 aliphatic rings. The van der Waals surface area contributed by atoms with Crippen LogP contribution in [0.2, 0.25) is 0 Å². The number of aliphatic carboxylic acids is 1. The van der Waals surface area contributed by atoms with Crippen LogP contribution in [0.3, 0.4) is 0 Å². The number of methoxy groups -OCH3 is 1. The summed E-state index contributed by atoms with van der Waals surface area (Å²) in [4.78, 5) is 41.7. The number of rotatable bonds is 17. The molecule has 6 aliphatic carbocycles. The van der Waals surface area contributed by atoms with Crippen molar-refractivity contribution >= 4 is 17.9 Å². The van der Waals surface area contributed by atoms with E-state index in [0.29, 0.717) is 43.9 Å². The van der Waals surface area contributed by atoms with Crippen LogP contribution < -0.4 is 0 Å². The Morgan fingerprint density at radius 3 is 2.21 bits per heavy atom. The second-order valence-electron chi connectivity index (χ2n) is 24.9. The number of carbonyl (C=O) groups is 3. The van der Waals surface area contributed by atoms with E-state index in [9.17, 15) is 45.3 Å². The van der Waals surface area contributed by atoms with Crippen molar-refractivity contribution in [3.8, 4) is 0 Å². The van der Waals surface area contributed by atoms with Gasteiger partial charge in [0.05, 0.1) is 38.1 Å². The van der Waals surface area contributed by atoms with Crippen molar-refractivity contribution in [1.82, 2.24) is 0 Å². The minimum atomic E-state index is -1.67. The van der Waals surface area contributed by atoms with Crippen LogP contribution in [0.25, 0.3) is 0 Å². The number of aliphatic hydroxyl groups excluding tert-OH is 6. The number of fused-ring (bicyclic) bond motifs is 5. The average Bonchev–Trinajstić information content (AvgIpc) is 3.73. The van der Waals surface area contributed by atoms with Gasteiger partial charge in [0.25, 0.3) is 0 Å². The Morgan fingerprint density at radius 1 is 0.781 bits per heavy atom. The first-order chi connectivity index (χ1) is 34.7. The fraction of sp³-hybridized carbons (Fsp3) is 0.946. The number of carbonyl (C=O) groups excluding carboxylic acids is 2. The second-order valence-corrected chi connectivity index (χ2v) is 24.9. The van der Waals surface area contributed by atoms with Crippen LogP contribution in [0, 0.1) is 70.0 Å². The van der Waals surface area contributed by atoms with E-state index in [1.165, 1.54) is 7.11 Å². The molecule has 6 saturated carbocycles. The molecule has 0 aromatic heterocycles. The molecule has 8 rings (SSSR count). The molecule has 0 aromatic rings. The van der Waals surface area contributed by atoms with E-state index in [1.54, 1.807) is 6.92 Å². The lowest BCUT2D eigenvalue weighted by Crippen LogP contribution is -2.64. The van der Waals surface area contributed by atoms with Crippen LogP contribution in [0.1, 0.15) is 164 Å². The van der Waals surface area contributed by atoms with Crippen LogP contribution in [0.15, 0.2) is 0 Å². The molecule has 0 radical (unpaired) electrons. The van der Waals surface area contributed by atoms with Crippen LogP contribution in [-0.2, 0) is 47.5 Å². The molecule has 0 aromatic carbocycles. The highest BCUT2D eigenvalue weighted by atomic mass is 16.7. The Morgan fingerprint density at radius 2 is 1.52 bits per heavy atom. The number of hydrogen-bond donors (Lipinski definition) is 7. The molecular formula is C56H92O17. The smallest absolute Gasteiger partial charge is 0.332 e. The first-order valence-electron chi connectivity index (χ1n) is 28.5. The maximum absolute atomic E-state index is 15.9. The molecule has 8 fully saturated rings. The minimum absolute atomic E-state index is 0.00575. The van der Waals surface area contributed by atoms with Crippen molar-refractivity contribution < 1.29 is 83.3 Å². The number of hydrogen-bond acceptors (Lipinski definition) is 16. The molecule has 0 spiro atoms. The Balaban J connectivity index is 1.17. The number of carboxylic acid groups (broad SMARTS) is 1. The van der Waals surface area contributed by atoms with E-state index in [0.717, 1.165) is 77.0 Å². The van der Waals surface area contributed by atoms with Crippen molar-refractivity contribution in [2.75, 3.05) is 13.7 Å². The fourth-order valence-corrected chi connectivity index (χ4v) is 16.6. The van der Waals surface area contributed by atoms with E-state index < -0.39 is 116 Å². The zero-order chi connectivity index (χ0) is 52.7. The minimum Gasteiger partial charge on any atom is -0.479 e. The van der Waals surface area contributed by atoms with Gasteiger partial charge in [-0.15, -0.1) is 0 Å². The highest BCUT2D eigenvalue weighted by Crippen LogP contribution is 2.69. The van der Waals surface area contributed by atoms with Crippen LogP contribution in [-0.4, -0.2) is 153 Å². The van der Waals surface area contributed by atoms with Crippen molar-refractivity contribution in [2.45, 2.75) is 249 Å². The lowest BCUT2D eigenvalue weighted by Gasteiger charge is -2.64. The number of ether oxygens (including phenoxy) is 7. The molecule has 17 nitrogen and oxygen atoms in total. The normalized spacial score (nSPS) is 47.1. The summed E-state index contributed by atoms with van der Waals surface area (Å²) in [6.07, 6.45) is -3.14. The van der Waals surface area contributed by atoms with Gasteiger partial charge >= 0.3 is 17.9 Å². The summed E-state index contributed by atoms with van der Waals surface area (Å²) in [5.74, 6) is -3.18. The Hall–Kier alpha value is -2.03. The first kappa shape index (κ1) is 57.2. The standard InChI is InChI=1S/C56H92O17/c1-8-32-15-12-16-38(49(32)73-54-48(63)47(62)45(60)30(4)68-54)70-53-44(50(46(61)40(27-57)71-53)69-39(51(64)65)24-31-13-10-9-11-14-31)52(66)72-41-26-36-43(37(58)25-33-23-28(2)21-22-55(33,36)5)35-19-18-34(56(35,41)6)29(3)17-20-42(59)67-7/h28-41,43-50,53-54,57-58,60-63H,8-27H2,1-7H3,(H,64,65)/t28-,29+,30-,32+,33-,34+,35-,36-,37+,38+,39-,40-,41-,43-,44?,45?,46-,47-,48-,49+,50?,53+,54?,55-,56+/m0/s1. The SMILES string of the molecule is CC[C@@H]1CCC[C@@H](O[C@@H]2O[C@@H](CO)[C@H](O)C(O[C@@H](CC3CCCCC3)C(=O)O)C2C(=O)O[C@H]2C[C@H]3[C@@H]([C@H](O)C[C@@H]4C[C@@H](C)CC[C@@]43C)[C@@H]3CC[C@H]([C@H](C)CCC(=O)OC)[C@@]23C)[C@@H]1OC1O[C@@H](C)C(O)[C@H](O)[C@@H]1O. The molecule has 25 atom stereocenters. The van der Waals surface area contributed by atoms with Crippen molar-refractivity contribution in [2.24, 2.45) is 70.0 Å². The number of esters is 2. The van der Waals surface area contributed by atoms with Gasteiger partial charge in [-0.2, -0.15) is 0 Å². The molecule has 7 N–H and O–H groups in total. The lowest BCUT2D eigenvalue weighted by atomic mass is 9.42. The largest absolute Gasteiger partial charge is 0.479 e. The van der Waals surface area contributed by atoms with Gasteiger partial charge in [0.2, 0.25) is 0 Å². The summed E-state index contributed by atoms with van der Waals surface area (Å²) in [5.41, 5.74) is -0.779. The summed E-state index contributed by atoms with van der Waals surface area (Å²) >= 11 is 0. The topological polar surface area (TPSA) is 257 Å². The third-order valence-electron chi connectivity index (χ3n) is 20.9. The first-order valence-corrected chi connectivity index (χ1v) is 28.5. The third kappa shape index (κ3) is 11.5. The van der Waals surface area contributed by atoms with Gasteiger partial charge in [-0.25, -0.2) is 4.79 Å². The number of aliphatic hydroxyl groups is 6. The van der Waals surface area contributed by atoms with E-state index in [2.05, 4.69) is 27.7 Å². The molecule has 2 aliphatic heterocycles. The average molecular weight is 1040 g/mol. The van der Waals surface area contributed by atoms with Gasteiger partial charge in [0.1, 0.15) is 48.6 Å². The van der Waals surface area contributed by atoms with Crippen molar-refractivity contribution in [1.29, 1.82) is 0 Å². The molecule has 0 bridgehead atoms. The summed E-state index contributed by atoms with van der Waals surface area (Å²) < 4.78 is 44.6. The van der Waals surface area contributed by atoms with Gasteiger partial charge in [0, 0.05) is 11.8 Å². The zero-order valence-corrected chi connectivity index (χ0v) is 44.7. The third-order valence-corrected chi connectivity index (χ3v) is 20.9. The Bertz CT molecular complexity index is 1850. The molecular weight excluding hydrogens is 945 g/mol. The zero-order valence-electron chi connectivity index (χ0n) is 44.7. The van der Waals surface area contributed by atoms with E-state index in [-0.39, 0.29) is 65.7 Å². The van der Waals surface area contributed by atoms with Crippen LogP contribution in [0.5, 0.6) is 0 Å². The van der Waals surface area contributed by atoms with Gasteiger partial charge in [0.15, 0.2) is 18.7 Å². The second kappa shape index (κ2) is 23.9. The van der Waals surface area contributed by atoms with Crippen molar-refractivity contribution in [3.05, 3.63) is 0 Å². The molecule has 2 saturated heterocycles. The lowest BCUT2D eigenvalue weighted by molar-refractivity contribution is -0.342. The maximum atomic E-state index is 15.9. The summed E-state index contributed by atoms with van der Waals surface area (Å²) in [6, 6.07) is 0. The van der Waals surface area contributed by atoms with E-state index in [4.69, 9.17) is 33.2 Å². The predicted octanol–water partition coefficient (Wildman–Crippen LogP) is 5.67. The molecule has 0 amide bonds. The van der Waals surface area contributed by atoms with Gasteiger partial charge in [-0.1, -0.05) is 86.0 Å². The Kier molecular flexibility index (Phi) is 18.7. The summed E-state index contributed by atoms with van der Waals surface area (Å²) in [7, 11) is 1.38. The Labute approximate surface area is 433 Å². The summed E-state index contributed by atoms with van der Waals surface area (Å²) in [5, 5.41) is 78.5. The van der Waals surface area contributed by atoms with E-state index >= 15 is 4.79 Å². The predicted molar refractivity (Wildman–Crippen MR) is 264 cm³/mol. The highest BCUT2D eigenvalue weighted by Gasteiger charge is 2.67. The highest BCUT2D eigenvalue weighted by molar-refractivity contribution is 5.75.